The number of hydrogen-bond acceptors (Lipinski definition) is 4. The molecule has 0 fully saturated rings. The topological polar surface area (TPSA) is 68.7 Å². The summed E-state index contributed by atoms with van der Waals surface area (Å²) in [6, 6.07) is 35.7. The van der Waals surface area contributed by atoms with Gasteiger partial charge >= 0.3 is 0 Å². The third-order valence-electron chi connectivity index (χ3n) is 6.95. The van der Waals surface area contributed by atoms with Crippen LogP contribution < -0.4 is 10.5 Å². The van der Waals surface area contributed by atoms with Crippen LogP contribution >= 0.6 is 0 Å². The first-order chi connectivity index (χ1) is 19.5. The molecule has 0 aliphatic rings. The summed E-state index contributed by atoms with van der Waals surface area (Å²) in [4.78, 5) is 13.5. The molecule has 0 saturated heterocycles. The van der Waals surface area contributed by atoms with E-state index in [0.717, 1.165) is 29.8 Å². The molecule has 1 amide bonds. The number of halogens is 1. The molecule has 40 heavy (non-hydrogen) atoms. The SMILES string of the molecule is NC(=O)Cc1ccc(OCCCN(Cc2cc3ccccc3o2)CC(c2ccccc2)c2ccccc2)c(F)c1. The number of carbonyl (C=O) groups is 1. The zero-order chi connectivity index (χ0) is 27.7. The Morgan fingerprint density at radius 1 is 0.875 bits per heavy atom. The second-order valence-electron chi connectivity index (χ2n) is 9.97. The van der Waals surface area contributed by atoms with Crippen LogP contribution in [0, 0.1) is 5.82 Å². The van der Waals surface area contributed by atoms with Crippen molar-refractivity contribution in [2.45, 2.75) is 25.3 Å². The molecule has 5 rings (SSSR count). The zero-order valence-electron chi connectivity index (χ0n) is 22.3. The number of ether oxygens (including phenoxy) is 1. The predicted molar refractivity (Wildman–Crippen MR) is 156 cm³/mol. The van der Waals surface area contributed by atoms with Crippen molar-refractivity contribution in [1.82, 2.24) is 4.90 Å². The van der Waals surface area contributed by atoms with Crippen LogP contribution in [0.3, 0.4) is 0 Å². The molecule has 0 bridgehead atoms. The Morgan fingerprint density at radius 2 is 1.55 bits per heavy atom. The quantitative estimate of drug-likeness (QED) is 0.170. The summed E-state index contributed by atoms with van der Waals surface area (Å²) in [5.74, 6) is 0.248. The Hall–Kier alpha value is -4.42. The van der Waals surface area contributed by atoms with Gasteiger partial charge in [0, 0.05) is 24.4 Å². The van der Waals surface area contributed by atoms with Crippen LogP contribution in [0.2, 0.25) is 0 Å². The number of benzene rings is 4. The smallest absolute Gasteiger partial charge is 0.221 e. The first-order valence-electron chi connectivity index (χ1n) is 13.5. The number of fused-ring (bicyclic) bond motifs is 1. The summed E-state index contributed by atoms with van der Waals surface area (Å²) >= 11 is 0. The van der Waals surface area contributed by atoms with Crippen LogP contribution in [0.4, 0.5) is 4.39 Å². The monoisotopic (exact) mass is 536 g/mol. The first-order valence-corrected chi connectivity index (χ1v) is 13.5. The Morgan fingerprint density at radius 3 is 2.20 bits per heavy atom. The number of furan rings is 1. The van der Waals surface area contributed by atoms with E-state index in [9.17, 15) is 9.18 Å². The van der Waals surface area contributed by atoms with Gasteiger partial charge in [0.2, 0.25) is 5.91 Å². The number of rotatable bonds is 13. The van der Waals surface area contributed by atoms with Crippen molar-refractivity contribution in [3.8, 4) is 5.75 Å². The van der Waals surface area contributed by atoms with Crippen LogP contribution in [0.15, 0.2) is 114 Å². The lowest BCUT2D eigenvalue weighted by atomic mass is 9.90. The molecule has 4 aromatic carbocycles. The van der Waals surface area contributed by atoms with Gasteiger partial charge in [0.1, 0.15) is 11.3 Å². The van der Waals surface area contributed by atoms with Crippen LogP contribution in [0.5, 0.6) is 5.75 Å². The van der Waals surface area contributed by atoms with Gasteiger partial charge in [0.25, 0.3) is 0 Å². The van der Waals surface area contributed by atoms with Gasteiger partial charge in [0.05, 0.1) is 19.6 Å². The maximum absolute atomic E-state index is 14.5. The molecule has 0 saturated carbocycles. The lowest BCUT2D eigenvalue weighted by Crippen LogP contribution is -2.30. The molecule has 5 nitrogen and oxygen atoms in total. The van der Waals surface area contributed by atoms with Gasteiger partial charge in [-0.05, 0) is 47.4 Å². The van der Waals surface area contributed by atoms with Gasteiger partial charge in [-0.1, -0.05) is 84.9 Å². The lowest BCUT2D eigenvalue weighted by Gasteiger charge is -2.28. The van der Waals surface area contributed by atoms with E-state index in [1.54, 1.807) is 12.1 Å². The molecule has 1 aromatic heterocycles. The van der Waals surface area contributed by atoms with Crippen molar-refractivity contribution in [1.29, 1.82) is 0 Å². The normalized spacial score (nSPS) is 11.4. The van der Waals surface area contributed by atoms with Crippen molar-refractivity contribution in [3.63, 3.8) is 0 Å². The van der Waals surface area contributed by atoms with Gasteiger partial charge in [-0.15, -0.1) is 0 Å². The Kier molecular flexibility index (Phi) is 8.89. The minimum Gasteiger partial charge on any atom is -0.490 e. The van der Waals surface area contributed by atoms with Crippen LogP contribution in [0.25, 0.3) is 11.0 Å². The molecule has 0 aliphatic heterocycles. The number of amides is 1. The fourth-order valence-corrected chi connectivity index (χ4v) is 5.05. The highest BCUT2D eigenvalue weighted by Gasteiger charge is 2.20. The Bertz CT molecular complexity index is 1460. The molecular weight excluding hydrogens is 503 g/mol. The second-order valence-corrected chi connectivity index (χ2v) is 9.97. The van der Waals surface area contributed by atoms with E-state index < -0.39 is 11.7 Å². The van der Waals surface area contributed by atoms with Gasteiger partial charge in [-0.2, -0.15) is 0 Å². The first kappa shape index (κ1) is 27.2. The molecule has 0 radical (unpaired) electrons. The van der Waals surface area contributed by atoms with E-state index in [0.29, 0.717) is 25.1 Å². The van der Waals surface area contributed by atoms with Crippen molar-refractivity contribution >= 4 is 16.9 Å². The van der Waals surface area contributed by atoms with E-state index in [1.807, 2.05) is 30.3 Å². The van der Waals surface area contributed by atoms with Crippen LogP contribution in [-0.2, 0) is 17.8 Å². The number of carbonyl (C=O) groups excluding carboxylic acids is 1. The summed E-state index contributed by atoms with van der Waals surface area (Å²) in [6.45, 7) is 2.50. The molecule has 204 valence electrons. The van der Waals surface area contributed by atoms with Crippen molar-refractivity contribution in [2.24, 2.45) is 5.73 Å². The zero-order valence-corrected chi connectivity index (χ0v) is 22.3. The molecule has 0 aliphatic carbocycles. The van der Waals surface area contributed by atoms with Crippen molar-refractivity contribution < 1.29 is 18.3 Å². The number of para-hydroxylation sites is 1. The second kappa shape index (κ2) is 13.1. The van der Waals surface area contributed by atoms with E-state index >= 15 is 0 Å². The third kappa shape index (κ3) is 7.16. The summed E-state index contributed by atoms with van der Waals surface area (Å²) in [7, 11) is 0. The van der Waals surface area contributed by atoms with E-state index in [2.05, 4.69) is 65.6 Å². The highest BCUT2D eigenvalue weighted by Crippen LogP contribution is 2.28. The van der Waals surface area contributed by atoms with Crippen LogP contribution in [-0.4, -0.2) is 30.5 Å². The summed E-state index contributed by atoms with van der Waals surface area (Å²) in [6.07, 6.45) is 0.691. The standard InChI is InChI=1S/C34H33FN2O3/c35-31-20-25(21-34(36)38)16-17-33(31)39-19-9-18-37(23-29-22-28-14-7-8-15-32(28)40-29)24-30(26-10-3-1-4-11-26)27-12-5-2-6-13-27/h1-8,10-17,20,22,30H,9,18-19,21,23-24H2,(H2,36,38). The third-order valence-corrected chi connectivity index (χ3v) is 6.95. The highest BCUT2D eigenvalue weighted by atomic mass is 19.1. The van der Waals surface area contributed by atoms with Crippen molar-refractivity contribution in [2.75, 3.05) is 19.7 Å². The molecular formula is C34H33FN2O3. The molecule has 5 aromatic rings. The minimum atomic E-state index is -0.498. The highest BCUT2D eigenvalue weighted by molar-refractivity contribution is 5.77. The maximum Gasteiger partial charge on any atom is 0.221 e. The summed E-state index contributed by atoms with van der Waals surface area (Å²) < 4.78 is 26.5. The summed E-state index contributed by atoms with van der Waals surface area (Å²) in [5, 5.41) is 1.08. The molecule has 0 unspecified atom stereocenters. The van der Waals surface area contributed by atoms with Crippen molar-refractivity contribution in [3.05, 3.63) is 137 Å². The van der Waals surface area contributed by atoms with E-state index in [4.69, 9.17) is 14.9 Å². The van der Waals surface area contributed by atoms with Gasteiger partial charge < -0.3 is 14.9 Å². The molecule has 6 heteroatoms. The average molecular weight is 537 g/mol. The molecule has 2 N–H and O–H groups in total. The number of hydrogen-bond donors (Lipinski definition) is 1. The van der Waals surface area contributed by atoms with Gasteiger partial charge in [-0.3, -0.25) is 9.69 Å². The van der Waals surface area contributed by atoms with Gasteiger partial charge in [-0.25, -0.2) is 4.39 Å². The number of primary amides is 1. The van der Waals surface area contributed by atoms with E-state index in [-0.39, 0.29) is 18.1 Å². The Labute approximate surface area is 234 Å². The maximum atomic E-state index is 14.5. The fourth-order valence-electron chi connectivity index (χ4n) is 5.05. The average Bonchev–Trinajstić information content (AvgIpc) is 3.38. The molecule has 1 heterocycles. The Balaban J connectivity index is 1.31. The lowest BCUT2D eigenvalue weighted by molar-refractivity contribution is -0.117. The fraction of sp³-hybridized carbons (Fsp3) is 0.206. The van der Waals surface area contributed by atoms with Crippen LogP contribution in [0.1, 0.15) is 34.8 Å². The molecule has 0 atom stereocenters. The van der Waals surface area contributed by atoms with Gasteiger partial charge in [0.15, 0.2) is 11.6 Å². The predicted octanol–water partition coefficient (Wildman–Crippen LogP) is 6.70. The van der Waals surface area contributed by atoms with E-state index in [1.165, 1.54) is 17.2 Å². The number of nitrogens with two attached hydrogens (primary N) is 1. The summed E-state index contributed by atoms with van der Waals surface area (Å²) in [5.41, 5.74) is 9.12. The minimum absolute atomic E-state index is 0.00204. The molecule has 0 spiro atoms. The number of nitrogens with zero attached hydrogens (tertiary/aromatic N) is 1. The largest absolute Gasteiger partial charge is 0.490 e.